The summed E-state index contributed by atoms with van der Waals surface area (Å²) in [5.74, 6) is -0.863. The molecule has 2 aromatic carbocycles. The third-order valence-electron chi connectivity index (χ3n) is 3.76. The Bertz CT molecular complexity index is 1070. The number of hydrogen-bond acceptors (Lipinski definition) is 5. The largest absolute Gasteiger partial charge is 0.423 e. The highest BCUT2D eigenvalue weighted by Gasteiger charge is 2.15. The summed E-state index contributed by atoms with van der Waals surface area (Å²) in [5.41, 5.74) is -0.315. The van der Waals surface area contributed by atoms with Crippen molar-refractivity contribution in [3.8, 4) is 5.75 Å². The van der Waals surface area contributed by atoms with Crippen molar-refractivity contribution < 1.29 is 18.7 Å². The Balaban J connectivity index is 1.86. The second kappa shape index (κ2) is 8.05. The number of amides is 1. The highest BCUT2D eigenvalue weighted by atomic mass is 35.5. The lowest BCUT2D eigenvalue weighted by Crippen LogP contribution is -2.28. The maximum absolute atomic E-state index is 12.2. The van der Waals surface area contributed by atoms with Gasteiger partial charge >= 0.3 is 11.6 Å². The average molecular weight is 386 g/mol. The van der Waals surface area contributed by atoms with Crippen molar-refractivity contribution in [1.29, 1.82) is 0 Å². The van der Waals surface area contributed by atoms with E-state index in [2.05, 4.69) is 5.32 Å². The van der Waals surface area contributed by atoms with Gasteiger partial charge in [0.1, 0.15) is 16.9 Å². The van der Waals surface area contributed by atoms with Gasteiger partial charge in [0, 0.05) is 23.0 Å². The summed E-state index contributed by atoms with van der Waals surface area (Å²) in [4.78, 5) is 36.3. The summed E-state index contributed by atoms with van der Waals surface area (Å²) < 4.78 is 10.5. The van der Waals surface area contributed by atoms with E-state index in [0.29, 0.717) is 22.5 Å². The number of fused-ring (bicyclic) bond motifs is 1. The maximum Gasteiger partial charge on any atom is 0.349 e. The Kier molecular flexibility index (Phi) is 5.57. The molecule has 0 unspecified atom stereocenters. The molecule has 0 saturated carbocycles. The summed E-state index contributed by atoms with van der Waals surface area (Å²) in [6.45, 7) is 2.38. The number of hydrogen-bond donors (Lipinski definition) is 1. The van der Waals surface area contributed by atoms with Crippen molar-refractivity contribution in [1.82, 2.24) is 5.32 Å². The van der Waals surface area contributed by atoms with E-state index in [0.717, 1.165) is 6.42 Å². The summed E-state index contributed by atoms with van der Waals surface area (Å²) in [6.07, 6.45) is 0.756. The minimum absolute atomic E-state index is 0.0698. The number of carbonyl (C=O) groups is 2. The van der Waals surface area contributed by atoms with Crippen LogP contribution >= 0.6 is 11.6 Å². The molecule has 1 N–H and O–H groups in total. The normalized spacial score (nSPS) is 10.6. The third kappa shape index (κ3) is 4.35. The van der Waals surface area contributed by atoms with Crippen LogP contribution in [0.1, 0.15) is 34.1 Å². The van der Waals surface area contributed by atoms with Crippen LogP contribution in [0.15, 0.2) is 57.7 Å². The second-order valence-corrected chi connectivity index (χ2v) is 6.24. The van der Waals surface area contributed by atoms with Gasteiger partial charge in [0.2, 0.25) is 0 Å². The van der Waals surface area contributed by atoms with Crippen molar-refractivity contribution in [2.45, 2.75) is 13.3 Å². The summed E-state index contributed by atoms with van der Waals surface area (Å²) in [6, 6.07) is 12.4. The molecule has 0 saturated heterocycles. The van der Waals surface area contributed by atoms with Gasteiger partial charge in [0.15, 0.2) is 0 Å². The second-order valence-electron chi connectivity index (χ2n) is 5.80. The SMILES string of the molecule is CCCNC(=O)c1cc2ccc(OC(=O)c3cccc(Cl)c3)cc2oc1=O. The fourth-order valence-electron chi connectivity index (χ4n) is 2.43. The van der Waals surface area contributed by atoms with E-state index in [1.54, 1.807) is 30.3 Å². The molecule has 0 bridgehead atoms. The molecule has 3 rings (SSSR count). The first kappa shape index (κ1) is 18.7. The first-order chi connectivity index (χ1) is 13.0. The van der Waals surface area contributed by atoms with Crippen LogP contribution in [0.2, 0.25) is 5.02 Å². The molecular weight excluding hydrogens is 370 g/mol. The van der Waals surface area contributed by atoms with Crippen LogP contribution in [0, 0.1) is 0 Å². The van der Waals surface area contributed by atoms with Gasteiger partial charge in [0.05, 0.1) is 5.56 Å². The van der Waals surface area contributed by atoms with Crippen LogP contribution in [-0.4, -0.2) is 18.4 Å². The Labute approximate surface area is 159 Å². The van der Waals surface area contributed by atoms with Crippen molar-refractivity contribution >= 4 is 34.4 Å². The molecule has 1 aromatic heterocycles. The predicted molar refractivity (Wildman–Crippen MR) is 102 cm³/mol. The van der Waals surface area contributed by atoms with Crippen LogP contribution in [-0.2, 0) is 0 Å². The first-order valence-corrected chi connectivity index (χ1v) is 8.69. The average Bonchev–Trinajstić information content (AvgIpc) is 2.65. The summed E-state index contributed by atoms with van der Waals surface area (Å²) >= 11 is 5.87. The number of benzene rings is 2. The smallest absolute Gasteiger partial charge is 0.349 e. The fourth-order valence-corrected chi connectivity index (χ4v) is 2.62. The summed E-state index contributed by atoms with van der Waals surface area (Å²) in [7, 11) is 0. The third-order valence-corrected chi connectivity index (χ3v) is 3.99. The minimum atomic E-state index is -0.755. The molecule has 7 heteroatoms. The monoisotopic (exact) mass is 385 g/mol. The number of halogens is 1. The van der Waals surface area contributed by atoms with Gasteiger partial charge in [0.25, 0.3) is 5.91 Å². The molecule has 1 amide bonds. The highest BCUT2D eigenvalue weighted by Crippen LogP contribution is 2.22. The number of nitrogens with one attached hydrogen (secondary N) is 1. The van der Waals surface area contributed by atoms with E-state index in [1.807, 2.05) is 6.92 Å². The molecule has 0 aliphatic carbocycles. The quantitative estimate of drug-likeness (QED) is 0.410. The van der Waals surface area contributed by atoms with Crippen molar-refractivity contribution in [2.75, 3.05) is 6.54 Å². The van der Waals surface area contributed by atoms with Gasteiger partial charge in [-0.25, -0.2) is 9.59 Å². The zero-order valence-electron chi connectivity index (χ0n) is 14.5. The van der Waals surface area contributed by atoms with Crippen LogP contribution in [0.25, 0.3) is 11.0 Å². The first-order valence-electron chi connectivity index (χ1n) is 8.32. The minimum Gasteiger partial charge on any atom is -0.423 e. The molecule has 0 fully saturated rings. The topological polar surface area (TPSA) is 85.6 Å². The molecule has 138 valence electrons. The van der Waals surface area contributed by atoms with Gasteiger partial charge in [-0.2, -0.15) is 0 Å². The van der Waals surface area contributed by atoms with Crippen LogP contribution in [0.4, 0.5) is 0 Å². The number of ether oxygens (including phenoxy) is 1. The highest BCUT2D eigenvalue weighted by molar-refractivity contribution is 6.30. The van der Waals surface area contributed by atoms with E-state index in [4.69, 9.17) is 20.8 Å². The predicted octanol–water partition coefficient (Wildman–Crippen LogP) is 3.81. The number of rotatable bonds is 5. The van der Waals surface area contributed by atoms with Crippen molar-refractivity contribution in [2.24, 2.45) is 0 Å². The van der Waals surface area contributed by atoms with E-state index in [9.17, 15) is 14.4 Å². The Morgan fingerprint density at radius 1 is 1.15 bits per heavy atom. The maximum atomic E-state index is 12.2. The Hall–Kier alpha value is -3.12. The molecule has 0 radical (unpaired) electrons. The lowest BCUT2D eigenvalue weighted by atomic mass is 10.1. The van der Waals surface area contributed by atoms with E-state index < -0.39 is 17.5 Å². The van der Waals surface area contributed by atoms with Gasteiger partial charge in [-0.3, -0.25) is 4.79 Å². The molecule has 1 heterocycles. The number of esters is 1. The van der Waals surface area contributed by atoms with Crippen molar-refractivity contribution in [3.63, 3.8) is 0 Å². The van der Waals surface area contributed by atoms with Crippen LogP contribution in [0.5, 0.6) is 5.75 Å². The zero-order chi connectivity index (χ0) is 19.4. The standard InChI is InChI=1S/C20H16ClNO5/c1-2-8-22-18(23)16-10-12-6-7-15(11-17(12)27-20(16)25)26-19(24)13-4-3-5-14(21)9-13/h3-7,9-11H,2,8H2,1H3,(H,22,23). The van der Waals surface area contributed by atoms with E-state index >= 15 is 0 Å². The molecule has 0 spiro atoms. The van der Waals surface area contributed by atoms with E-state index in [-0.39, 0.29) is 16.9 Å². The molecular formula is C20H16ClNO5. The van der Waals surface area contributed by atoms with Gasteiger partial charge in [-0.1, -0.05) is 24.6 Å². The van der Waals surface area contributed by atoms with Crippen LogP contribution < -0.4 is 15.7 Å². The van der Waals surface area contributed by atoms with Gasteiger partial charge < -0.3 is 14.5 Å². The van der Waals surface area contributed by atoms with Gasteiger partial charge in [-0.05, 0) is 42.8 Å². The van der Waals surface area contributed by atoms with E-state index in [1.165, 1.54) is 18.2 Å². The van der Waals surface area contributed by atoms with Crippen molar-refractivity contribution in [3.05, 3.63) is 75.1 Å². The fraction of sp³-hybridized carbons (Fsp3) is 0.150. The molecule has 6 nitrogen and oxygen atoms in total. The van der Waals surface area contributed by atoms with Gasteiger partial charge in [-0.15, -0.1) is 0 Å². The number of carbonyl (C=O) groups excluding carboxylic acids is 2. The lowest BCUT2D eigenvalue weighted by Gasteiger charge is -2.07. The molecule has 27 heavy (non-hydrogen) atoms. The Morgan fingerprint density at radius 2 is 1.96 bits per heavy atom. The molecule has 0 aliphatic rings. The molecule has 0 atom stereocenters. The molecule has 3 aromatic rings. The molecule has 0 aliphatic heterocycles. The van der Waals surface area contributed by atoms with Crippen LogP contribution in [0.3, 0.4) is 0 Å². The Morgan fingerprint density at radius 3 is 2.70 bits per heavy atom. The lowest BCUT2D eigenvalue weighted by molar-refractivity contribution is 0.0734. The summed E-state index contributed by atoms with van der Waals surface area (Å²) in [5, 5.41) is 3.60. The zero-order valence-corrected chi connectivity index (χ0v) is 15.2.